The highest BCUT2D eigenvalue weighted by Crippen LogP contribution is 2.28. The van der Waals surface area contributed by atoms with E-state index in [1.54, 1.807) is 0 Å². The molecule has 0 aliphatic heterocycles. The van der Waals surface area contributed by atoms with Crippen LogP contribution in [0.15, 0.2) is 27.1 Å². The van der Waals surface area contributed by atoms with E-state index >= 15 is 0 Å². The van der Waals surface area contributed by atoms with Crippen molar-refractivity contribution in [2.75, 3.05) is 0 Å². The molecule has 0 bridgehead atoms. The van der Waals surface area contributed by atoms with Gasteiger partial charge < -0.3 is 0 Å². The highest BCUT2D eigenvalue weighted by molar-refractivity contribution is 9.10. The molecule has 0 spiro atoms. The van der Waals surface area contributed by atoms with Crippen molar-refractivity contribution in [1.29, 1.82) is 0 Å². The van der Waals surface area contributed by atoms with Gasteiger partial charge >= 0.3 is 0 Å². The van der Waals surface area contributed by atoms with Crippen LogP contribution in [0.1, 0.15) is 23.0 Å². The molecule has 7 heteroatoms. The Morgan fingerprint density at radius 3 is 2.60 bits per heavy atom. The number of aromatic nitrogens is 2. The predicted octanol–water partition coefficient (Wildman–Crippen LogP) is 3.65. The quantitative estimate of drug-likeness (QED) is 0.584. The summed E-state index contributed by atoms with van der Waals surface area (Å²) in [5, 5.41) is 5.07. The van der Waals surface area contributed by atoms with Gasteiger partial charge in [-0.2, -0.15) is 5.10 Å². The summed E-state index contributed by atoms with van der Waals surface area (Å²) in [6.07, 6.45) is 0.710. The normalized spacial score (nSPS) is 12.7. The van der Waals surface area contributed by atoms with Crippen molar-refractivity contribution in [3.8, 4) is 0 Å². The largest absolute Gasteiger partial charge is 0.271 e. The van der Waals surface area contributed by atoms with E-state index in [0.717, 1.165) is 25.9 Å². The van der Waals surface area contributed by atoms with E-state index in [1.165, 1.54) is 0 Å². The van der Waals surface area contributed by atoms with Crippen molar-refractivity contribution in [2.24, 2.45) is 12.9 Å². The molecule has 2 aromatic rings. The number of nitrogens with one attached hydrogen (secondary N) is 1. The molecule has 0 saturated heterocycles. The van der Waals surface area contributed by atoms with Crippen LogP contribution < -0.4 is 11.3 Å². The van der Waals surface area contributed by atoms with Crippen molar-refractivity contribution < 1.29 is 0 Å². The van der Waals surface area contributed by atoms with Crippen LogP contribution in [0.2, 0.25) is 5.02 Å². The molecule has 0 radical (unpaired) electrons. The topological polar surface area (TPSA) is 55.9 Å². The molecule has 4 nitrogen and oxygen atoms in total. The monoisotopic (exact) mass is 420 g/mol. The third-order valence-corrected chi connectivity index (χ3v) is 4.86. The van der Waals surface area contributed by atoms with Crippen molar-refractivity contribution >= 4 is 43.5 Å². The third-order valence-electron chi connectivity index (χ3n) is 3.15. The van der Waals surface area contributed by atoms with Gasteiger partial charge in [0.15, 0.2) is 0 Å². The molecule has 0 saturated carbocycles. The SMILES string of the molecule is Cc1nn(C)c(CC(NN)c2cc(Cl)cc(Br)c2)c1Br. The average Bonchev–Trinajstić information content (AvgIpc) is 2.60. The van der Waals surface area contributed by atoms with Gasteiger partial charge in [-0.1, -0.05) is 27.5 Å². The molecule has 3 N–H and O–H groups in total. The maximum absolute atomic E-state index is 6.10. The van der Waals surface area contributed by atoms with E-state index < -0.39 is 0 Å². The number of hydrogen-bond donors (Lipinski definition) is 2. The van der Waals surface area contributed by atoms with Crippen LogP contribution in [0.25, 0.3) is 0 Å². The minimum absolute atomic E-state index is 0.0453. The first kappa shape index (κ1) is 16.0. The fourth-order valence-electron chi connectivity index (χ4n) is 2.14. The van der Waals surface area contributed by atoms with Crippen LogP contribution in [0, 0.1) is 6.92 Å². The van der Waals surface area contributed by atoms with E-state index in [2.05, 4.69) is 42.4 Å². The second-order valence-electron chi connectivity index (χ2n) is 4.60. The maximum atomic E-state index is 6.10. The Labute approximate surface area is 139 Å². The van der Waals surface area contributed by atoms with Gasteiger partial charge in [0.2, 0.25) is 0 Å². The van der Waals surface area contributed by atoms with Gasteiger partial charge in [-0.25, -0.2) is 0 Å². The Morgan fingerprint density at radius 1 is 1.40 bits per heavy atom. The zero-order valence-corrected chi connectivity index (χ0v) is 15.1. The molecule has 1 aromatic heterocycles. The van der Waals surface area contributed by atoms with Crippen LogP contribution in [-0.2, 0) is 13.5 Å². The Kier molecular flexibility index (Phi) is 5.25. The number of nitrogens with two attached hydrogens (primary N) is 1. The van der Waals surface area contributed by atoms with Crippen LogP contribution in [0.5, 0.6) is 0 Å². The Bertz CT molecular complexity index is 607. The Morgan fingerprint density at radius 2 is 2.10 bits per heavy atom. The molecule has 0 fully saturated rings. The number of rotatable bonds is 4. The van der Waals surface area contributed by atoms with E-state index in [1.807, 2.05) is 36.9 Å². The van der Waals surface area contributed by atoms with Crippen molar-refractivity contribution in [3.63, 3.8) is 0 Å². The highest BCUT2D eigenvalue weighted by atomic mass is 79.9. The van der Waals surface area contributed by atoms with Gasteiger partial charge in [0.25, 0.3) is 0 Å². The lowest BCUT2D eigenvalue weighted by Gasteiger charge is -2.17. The first-order chi connectivity index (χ1) is 9.42. The summed E-state index contributed by atoms with van der Waals surface area (Å²) in [6, 6.07) is 5.72. The maximum Gasteiger partial charge on any atom is 0.0738 e. The fraction of sp³-hybridized carbons (Fsp3) is 0.308. The van der Waals surface area contributed by atoms with Gasteiger partial charge in [0.05, 0.1) is 21.9 Å². The third kappa shape index (κ3) is 3.43. The van der Waals surface area contributed by atoms with E-state index in [9.17, 15) is 0 Å². The number of hydrogen-bond acceptors (Lipinski definition) is 3. The minimum Gasteiger partial charge on any atom is -0.271 e. The summed E-state index contributed by atoms with van der Waals surface area (Å²) in [4.78, 5) is 0. The zero-order chi connectivity index (χ0) is 14.9. The molecule has 108 valence electrons. The molecule has 0 aliphatic carbocycles. The molecule has 20 heavy (non-hydrogen) atoms. The second-order valence-corrected chi connectivity index (χ2v) is 6.74. The lowest BCUT2D eigenvalue weighted by atomic mass is 10.0. The predicted molar refractivity (Wildman–Crippen MR) is 88.6 cm³/mol. The van der Waals surface area contributed by atoms with Crippen molar-refractivity contribution in [3.05, 3.63) is 49.1 Å². The number of benzene rings is 1. The number of hydrazine groups is 1. The second kappa shape index (κ2) is 6.58. The molecule has 1 heterocycles. The summed E-state index contributed by atoms with van der Waals surface area (Å²) in [7, 11) is 1.93. The zero-order valence-electron chi connectivity index (χ0n) is 11.1. The van der Waals surface area contributed by atoms with Crippen LogP contribution in [0.4, 0.5) is 0 Å². The summed E-state index contributed by atoms with van der Waals surface area (Å²) < 4.78 is 3.81. The minimum atomic E-state index is -0.0453. The van der Waals surface area contributed by atoms with E-state index in [0.29, 0.717) is 11.4 Å². The van der Waals surface area contributed by atoms with Crippen LogP contribution in [0.3, 0.4) is 0 Å². The Balaban J connectivity index is 2.33. The summed E-state index contributed by atoms with van der Waals surface area (Å²) in [6.45, 7) is 1.97. The molecule has 1 atom stereocenters. The van der Waals surface area contributed by atoms with Gasteiger partial charge in [-0.3, -0.25) is 16.0 Å². The molecule has 1 aromatic carbocycles. The fourth-order valence-corrected chi connectivity index (χ4v) is 3.53. The van der Waals surface area contributed by atoms with Gasteiger partial charge in [-0.15, -0.1) is 0 Å². The lowest BCUT2D eigenvalue weighted by molar-refractivity contribution is 0.529. The van der Waals surface area contributed by atoms with Crippen molar-refractivity contribution in [1.82, 2.24) is 15.2 Å². The number of aryl methyl sites for hydroxylation is 2. The molecular formula is C13H15Br2ClN4. The standard InChI is InChI=1S/C13H15Br2ClN4/c1-7-13(15)12(20(2)19-7)6-11(18-17)8-3-9(14)5-10(16)4-8/h3-5,11,18H,6,17H2,1-2H3. The number of nitrogens with zero attached hydrogens (tertiary/aromatic N) is 2. The first-order valence-corrected chi connectivity index (χ1v) is 7.99. The smallest absolute Gasteiger partial charge is 0.0738 e. The summed E-state index contributed by atoms with van der Waals surface area (Å²) in [5.41, 5.74) is 5.92. The van der Waals surface area contributed by atoms with Gasteiger partial charge in [0, 0.05) is 23.0 Å². The van der Waals surface area contributed by atoms with Crippen LogP contribution in [-0.4, -0.2) is 9.78 Å². The van der Waals surface area contributed by atoms with Gasteiger partial charge in [0.1, 0.15) is 0 Å². The number of halogens is 3. The highest BCUT2D eigenvalue weighted by Gasteiger charge is 2.18. The first-order valence-electron chi connectivity index (χ1n) is 6.02. The lowest BCUT2D eigenvalue weighted by Crippen LogP contribution is -2.30. The Hall–Kier alpha value is -0.400. The van der Waals surface area contributed by atoms with Crippen molar-refractivity contribution in [2.45, 2.75) is 19.4 Å². The van der Waals surface area contributed by atoms with E-state index in [-0.39, 0.29) is 6.04 Å². The van der Waals surface area contributed by atoms with Gasteiger partial charge in [-0.05, 0) is 46.6 Å². The van der Waals surface area contributed by atoms with Crippen LogP contribution >= 0.6 is 43.5 Å². The molecule has 2 rings (SSSR count). The average molecular weight is 423 g/mol. The summed E-state index contributed by atoms with van der Waals surface area (Å²) >= 11 is 13.1. The summed E-state index contributed by atoms with van der Waals surface area (Å²) in [5.74, 6) is 5.71. The molecule has 0 amide bonds. The van der Waals surface area contributed by atoms with E-state index in [4.69, 9.17) is 17.4 Å². The molecular weight excluding hydrogens is 407 g/mol. The molecule has 0 aliphatic rings. The molecule has 1 unspecified atom stereocenters.